The van der Waals surface area contributed by atoms with Crippen molar-refractivity contribution in [3.63, 3.8) is 0 Å². The number of carbonyl (C=O) groups excluding carboxylic acids is 2. The van der Waals surface area contributed by atoms with Crippen LogP contribution in [0, 0.1) is 0 Å². The first-order valence-corrected chi connectivity index (χ1v) is 11.0. The van der Waals surface area contributed by atoms with Gasteiger partial charge in [0.15, 0.2) is 0 Å². The minimum Gasteiger partial charge on any atom is -0.464 e. The molecule has 1 amide bonds. The summed E-state index contributed by atoms with van der Waals surface area (Å²) in [7, 11) is -10.5. The Bertz CT molecular complexity index is 562. The number of piperazine rings is 1. The van der Waals surface area contributed by atoms with Gasteiger partial charge in [-0.25, -0.2) is 5.01 Å². The molecule has 1 fully saturated rings. The Morgan fingerprint density at radius 3 is 2.08 bits per heavy atom. The lowest BCUT2D eigenvalue weighted by molar-refractivity contribution is -0.145. The fourth-order valence-electron chi connectivity index (χ4n) is 2.14. The van der Waals surface area contributed by atoms with Gasteiger partial charge in [0.1, 0.15) is 6.61 Å². The molecule has 13 nitrogen and oxygen atoms in total. The number of hydrazine groups is 1. The summed E-state index contributed by atoms with van der Waals surface area (Å²) in [5.74, 6) is 3.82. The van der Waals surface area contributed by atoms with Crippen molar-refractivity contribution in [3.05, 3.63) is 0 Å². The van der Waals surface area contributed by atoms with Gasteiger partial charge in [0.05, 0.1) is 6.42 Å². The Morgan fingerprint density at radius 2 is 1.58 bits per heavy atom. The molecule has 0 aromatic heterocycles. The molecule has 0 unspecified atom stereocenters. The first kappa shape index (κ1) is 23.2. The lowest BCUT2D eigenvalue weighted by Crippen LogP contribution is -2.50. The van der Waals surface area contributed by atoms with Crippen molar-refractivity contribution in [2.45, 2.75) is 18.4 Å². The summed E-state index contributed by atoms with van der Waals surface area (Å²) in [5, 5.41) is 3.25. The molecule has 0 bridgehead atoms. The van der Waals surface area contributed by atoms with E-state index in [2.05, 4.69) is 0 Å². The Hall–Kier alpha value is -0.880. The van der Waals surface area contributed by atoms with Gasteiger partial charge in [-0.05, 0) is 0 Å². The fraction of sp³-hybridized carbons (Fsp3) is 0.818. The molecule has 0 aromatic rings. The minimum atomic E-state index is -5.27. The number of rotatable bonds is 9. The van der Waals surface area contributed by atoms with E-state index >= 15 is 0 Å². The van der Waals surface area contributed by atoms with Crippen LogP contribution in [-0.2, 0) is 23.5 Å². The van der Waals surface area contributed by atoms with Crippen LogP contribution in [0.2, 0.25) is 0 Å². The van der Waals surface area contributed by atoms with Gasteiger partial charge >= 0.3 is 21.2 Å². The summed E-state index contributed by atoms with van der Waals surface area (Å²) in [4.78, 5) is 60.8. The van der Waals surface area contributed by atoms with Gasteiger partial charge in [-0.3, -0.25) is 29.5 Å². The Balaban J connectivity index is 2.30. The largest absolute Gasteiger partial charge is 0.464 e. The molecule has 0 aliphatic carbocycles. The highest BCUT2D eigenvalue weighted by atomic mass is 31.2. The molecular weight excluding hydrogens is 394 g/mol. The van der Waals surface area contributed by atoms with Crippen LogP contribution in [0.5, 0.6) is 0 Å². The second-order valence-electron chi connectivity index (χ2n) is 5.72. The normalized spacial score (nSPS) is 17.3. The van der Waals surface area contributed by atoms with E-state index in [9.17, 15) is 18.7 Å². The van der Waals surface area contributed by atoms with Gasteiger partial charge in [0.25, 0.3) is 0 Å². The number of carbonyl (C=O) groups is 2. The molecule has 7 N–H and O–H groups in total. The molecular formula is C11H24N4O9P2. The van der Waals surface area contributed by atoms with Crippen LogP contribution in [0.25, 0.3) is 0 Å². The SMILES string of the molecule is NN1CCN(CCOC(=O)CCC(=O)NC(P(=O)(O)O)P(=O)(O)O)CC1. The predicted octanol–water partition coefficient (Wildman–Crippen LogP) is -2.44. The molecule has 0 atom stereocenters. The molecule has 1 saturated heterocycles. The zero-order chi connectivity index (χ0) is 20.0. The molecule has 152 valence electrons. The second kappa shape index (κ2) is 9.88. The van der Waals surface area contributed by atoms with Crippen molar-refractivity contribution >= 4 is 27.1 Å². The summed E-state index contributed by atoms with van der Waals surface area (Å²) >= 11 is 0. The van der Waals surface area contributed by atoms with E-state index in [1.807, 2.05) is 4.90 Å². The standard InChI is InChI=1S/C11H24N4O9P2/c12-15-5-3-14(4-6-15)7-8-24-10(17)2-1-9(16)13-11(25(18,19)20)26(21,22)23/h11H,1-8,12H2,(H,13,16)(H2,18,19,20)(H2,21,22,23). The molecule has 0 spiro atoms. The van der Waals surface area contributed by atoms with Gasteiger partial charge in [0, 0.05) is 39.1 Å². The maximum Gasteiger partial charge on any atom is 0.360 e. The van der Waals surface area contributed by atoms with Crippen LogP contribution >= 0.6 is 15.2 Å². The minimum absolute atomic E-state index is 0.110. The second-order valence-corrected chi connectivity index (χ2v) is 9.51. The maximum atomic E-state index is 11.6. The van der Waals surface area contributed by atoms with Gasteiger partial charge in [-0.15, -0.1) is 0 Å². The third-order valence-corrected chi connectivity index (χ3v) is 6.90. The molecule has 1 aliphatic heterocycles. The number of hydrogen-bond donors (Lipinski definition) is 6. The van der Waals surface area contributed by atoms with Crippen LogP contribution in [0.1, 0.15) is 12.8 Å². The zero-order valence-corrected chi connectivity index (χ0v) is 15.7. The number of nitrogens with one attached hydrogen (secondary N) is 1. The lowest BCUT2D eigenvalue weighted by Gasteiger charge is -2.31. The molecule has 1 heterocycles. The Kier molecular flexibility index (Phi) is 8.80. The highest BCUT2D eigenvalue weighted by Crippen LogP contribution is 2.58. The first-order chi connectivity index (χ1) is 11.9. The first-order valence-electron chi connectivity index (χ1n) is 7.67. The van der Waals surface area contributed by atoms with Crippen molar-refractivity contribution < 1.29 is 43.0 Å². The average molecular weight is 418 g/mol. The topological polar surface area (TPSA) is 203 Å². The lowest BCUT2D eigenvalue weighted by atomic mass is 10.3. The van der Waals surface area contributed by atoms with Crippen LogP contribution < -0.4 is 11.2 Å². The van der Waals surface area contributed by atoms with Crippen LogP contribution in [0.4, 0.5) is 0 Å². The molecule has 1 rings (SSSR count). The van der Waals surface area contributed by atoms with E-state index in [1.165, 1.54) is 0 Å². The molecule has 1 aliphatic rings. The van der Waals surface area contributed by atoms with Crippen molar-refractivity contribution in [2.75, 3.05) is 39.3 Å². The van der Waals surface area contributed by atoms with Crippen LogP contribution in [0.15, 0.2) is 0 Å². The summed E-state index contributed by atoms with van der Waals surface area (Å²) < 4.78 is 27.0. The van der Waals surface area contributed by atoms with Crippen molar-refractivity contribution in [2.24, 2.45) is 5.84 Å². The monoisotopic (exact) mass is 418 g/mol. The van der Waals surface area contributed by atoms with E-state index in [4.69, 9.17) is 30.2 Å². The number of esters is 1. The zero-order valence-electron chi connectivity index (χ0n) is 13.9. The Labute approximate surface area is 149 Å². The van der Waals surface area contributed by atoms with Gasteiger partial charge in [0.2, 0.25) is 11.4 Å². The van der Waals surface area contributed by atoms with Crippen LogP contribution in [0.3, 0.4) is 0 Å². The fourth-order valence-corrected chi connectivity index (χ4v) is 4.34. The average Bonchev–Trinajstić information content (AvgIpc) is 2.50. The number of nitrogens with two attached hydrogens (primary N) is 1. The number of amides is 1. The third-order valence-electron chi connectivity index (χ3n) is 3.56. The van der Waals surface area contributed by atoms with Crippen LogP contribution in [-0.4, -0.2) is 86.2 Å². The molecule has 0 saturated carbocycles. The smallest absolute Gasteiger partial charge is 0.360 e. The Morgan fingerprint density at radius 1 is 1.04 bits per heavy atom. The maximum absolute atomic E-state index is 11.6. The molecule has 0 radical (unpaired) electrons. The summed E-state index contributed by atoms with van der Waals surface area (Å²) in [5.41, 5.74) is -2.64. The summed E-state index contributed by atoms with van der Waals surface area (Å²) in [6.07, 6.45) is -0.918. The van der Waals surface area contributed by atoms with Gasteiger partial charge in [-0.2, -0.15) is 0 Å². The van der Waals surface area contributed by atoms with Crippen molar-refractivity contribution in [1.82, 2.24) is 15.2 Å². The number of nitrogens with zero attached hydrogens (tertiary/aromatic N) is 2. The third kappa shape index (κ3) is 8.67. The molecule has 26 heavy (non-hydrogen) atoms. The highest BCUT2D eigenvalue weighted by molar-refractivity contribution is 7.70. The van der Waals surface area contributed by atoms with E-state index in [-0.39, 0.29) is 6.61 Å². The highest BCUT2D eigenvalue weighted by Gasteiger charge is 2.44. The number of hydrogen-bond acceptors (Lipinski definition) is 8. The summed E-state index contributed by atoms with van der Waals surface area (Å²) in [6.45, 7) is 3.50. The molecule has 0 aromatic carbocycles. The summed E-state index contributed by atoms with van der Waals surface area (Å²) in [6, 6.07) is 0. The van der Waals surface area contributed by atoms with E-state index < -0.39 is 45.4 Å². The quantitative estimate of drug-likeness (QED) is 0.131. The predicted molar refractivity (Wildman–Crippen MR) is 88.4 cm³/mol. The number of ether oxygens (including phenoxy) is 1. The molecule has 15 heteroatoms. The van der Waals surface area contributed by atoms with E-state index in [0.717, 1.165) is 13.1 Å². The van der Waals surface area contributed by atoms with Crippen molar-refractivity contribution in [3.8, 4) is 0 Å². The van der Waals surface area contributed by atoms with Crippen molar-refractivity contribution in [1.29, 1.82) is 0 Å². The van der Waals surface area contributed by atoms with Gasteiger partial charge in [-0.1, -0.05) is 0 Å². The van der Waals surface area contributed by atoms with E-state index in [1.54, 1.807) is 10.3 Å². The van der Waals surface area contributed by atoms with E-state index in [0.29, 0.717) is 19.6 Å². The van der Waals surface area contributed by atoms with Gasteiger partial charge < -0.3 is 29.6 Å².